The van der Waals surface area contributed by atoms with Gasteiger partial charge in [-0.2, -0.15) is 0 Å². The van der Waals surface area contributed by atoms with E-state index in [1.54, 1.807) is 0 Å². The predicted octanol–water partition coefficient (Wildman–Crippen LogP) is 4.51. The van der Waals surface area contributed by atoms with Gasteiger partial charge in [-0.15, -0.1) is 0 Å². The van der Waals surface area contributed by atoms with Crippen LogP contribution in [0, 0.1) is 20.8 Å². The summed E-state index contributed by atoms with van der Waals surface area (Å²) in [4.78, 5) is 17.0. The Bertz CT molecular complexity index is 1120. The van der Waals surface area contributed by atoms with Gasteiger partial charge in [-0.25, -0.2) is 4.98 Å². The molecule has 0 aliphatic carbocycles. The standard InChI is InChI=1S/C22H22N4O2/c1-14-19(15(2)28-25-14)10-12-22(27)24-17-9-11-21-20(13-17)23-16(3)26(21)18-7-5-4-6-8-18/h4-9,11,13H,10,12H2,1-3H3,(H,24,27). The van der Waals surface area contributed by atoms with Gasteiger partial charge in [-0.3, -0.25) is 9.36 Å². The smallest absolute Gasteiger partial charge is 0.224 e. The van der Waals surface area contributed by atoms with Gasteiger partial charge >= 0.3 is 0 Å². The van der Waals surface area contributed by atoms with Crippen molar-refractivity contribution in [3.8, 4) is 5.69 Å². The lowest BCUT2D eigenvalue weighted by Crippen LogP contribution is -2.12. The van der Waals surface area contributed by atoms with E-state index in [0.29, 0.717) is 12.8 Å². The van der Waals surface area contributed by atoms with Gasteiger partial charge in [0, 0.05) is 23.4 Å². The molecule has 6 heteroatoms. The lowest BCUT2D eigenvalue weighted by molar-refractivity contribution is -0.116. The van der Waals surface area contributed by atoms with Crippen molar-refractivity contribution in [2.45, 2.75) is 33.6 Å². The summed E-state index contributed by atoms with van der Waals surface area (Å²) in [5.41, 5.74) is 5.52. The van der Waals surface area contributed by atoms with E-state index in [0.717, 1.165) is 45.3 Å². The summed E-state index contributed by atoms with van der Waals surface area (Å²) in [7, 11) is 0. The van der Waals surface area contributed by atoms with Crippen molar-refractivity contribution >= 4 is 22.6 Å². The number of aryl methyl sites for hydroxylation is 3. The molecule has 2 heterocycles. The predicted molar refractivity (Wildman–Crippen MR) is 109 cm³/mol. The number of aromatic nitrogens is 3. The number of carbonyl (C=O) groups is 1. The number of imidazole rings is 1. The first-order valence-electron chi connectivity index (χ1n) is 9.29. The molecule has 0 radical (unpaired) electrons. The average Bonchev–Trinajstić information content (AvgIpc) is 3.18. The molecule has 4 rings (SSSR count). The molecular weight excluding hydrogens is 352 g/mol. The van der Waals surface area contributed by atoms with Crippen LogP contribution in [-0.2, 0) is 11.2 Å². The molecule has 142 valence electrons. The summed E-state index contributed by atoms with van der Waals surface area (Å²) in [5.74, 6) is 1.63. The minimum Gasteiger partial charge on any atom is -0.361 e. The lowest BCUT2D eigenvalue weighted by Gasteiger charge is -2.08. The minimum absolute atomic E-state index is 0.0430. The fourth-order valence-electron chi connectivity index (χ4n) is 3.50. The molecule has 28 heavy (non-hydrogen) atoms. The zero-order valence-electron chi connectivity index (χ0n) is 16.2. The van der Waals surface area contributed by atoms with Crippen LogP contribution in [0.5, 0.6) is 0 Å². The second kappa shape index (κ2) is 7.31. The number of hydrogen-bond acceptors (Lipinski definition) is 4. The van der Waals surface area contributed by atoms with Crippen molar-refractivity contribution < 1.29 is 9.32 Å². The SMILES string of the molecule is Cc1noc(C)c1CCC(=O)Nc1ccc2c(c1)nc(C)n2-c1ccccc1. The van der Waals surface area contributed by atoms with E-state index in [1.165, 1.54) is 0 Å². The van der Waals surface area contributed by atoms with Gasteiger partial charge in [-0.1, -0.05) is 23.4 Å². The summed E-state index contributed by atoms with van der Waals surface area (Å²) in [6.45, 7) is 5.74. The fraction of sp³-hybridized carbons (Fsp3) is 0.227. The maximum absolute atomic E-state index is 12.4. The number of nitrogens with zero attached hydrogens (tertiary/aromatic N) is 3. The largest absolute Gasteiger partial charge is 0.361 e. The number of amides is 1. The Morgan fingerprint density at radius 1 is 1.11 bits per heavy atom. The molecule has 2 aromatic heterocycles. The Kier molecular flexibility index (Phi) is 4.69. The van der Waals surface area contributed by atoms with E-state index in [9.17, 15) is 4.79 Å². The summed E-state index contributed by atoms with van der Waals surface area (Å²) in [5, 5.41) is 6.90. The topological polar surface area (TPSA) is 73.0 Å². The molecule has 6 nitrogen and oxygen atoms in total. The van der Waals surface area contributed by atoms with Crippen LogP contribution < -0.4 is 5.32 Å². The van der Waals surface area contributed by atoms with Gasteiger partial charge in [0.25, 0.3) is 0 Å². The number of carbonyl (C=O) groups excluding carboxylic acids is 1. The van der Waals surface area contributed by atoms with Crippen LogP contribution in [0.15, 0.2) is 53.1 Å². The molecule has 0 aliphatic heterocycles. The Labute approximate surface area is 163 Å². The number of anilines is 1. The lowest BCUT2D eigenvalue weighted by atomic mass is 10.1. The molecule has 1 N–H and O–H groups in total. The molecule has 0 atom stereocenters. The van der Waals surface area contributed by atoms with Crippen molar-refractivity contribution in [3.05, 3.63) is 71.4 Å². The first-order valence-corrected chi connectivity index (χ1v) is 9.29. The molecule has 1 amide bonds. The Morgan fingerprint density at radius 2 is 1.89 bits per heavy atom. The van der Waals surface area contributed by atoms with E-state index in [-0.39, 0.29) is 5.91 Å². The van der Waals surface area contributed by atoms with Crippen molar-refractivity contribution in [1.82, 2.24) is 14.7 Å². The quantitative estimate of drug-likeness (QED) is 0.558. The van der Waals surface area contributed by atoms with E-state index in [4.69, 9.17) is 4.52 Å². The van der Waals surface area contributed by atoms with Crippen LogP contribution >= 0.6 is 0 Å². The average molecular weight is 374 g/mol. The molecule has 0 fully saturated rings. The van der Waals surface area contributed by atoms with Gasteiger partial charge in [-0.05, 0) is 57.5 Å². The van der Waals surface area contributed by atoms with Crippen LogP contribution in [0.3, 0.4) is 0 Å². The molecule has 0 saturated carbocycles. The third-order valence-corrected chi connectivity index (χ3v) is 4.90. The van der Waals surface area contributed by atoms with E-state index >= 15 is 0 Å². The van der Waals surface area contributed by atoms with Crippen LogP contribution in [0.4, 0.5) is 5.69 Å². The van der Waals surface area contributed by atoms with Crippen molar-refractivity contribution in [3.63, 3.8) is 0 Å². The van der Waals surface area contributed by atoms with Gasteiger partial charge in [0.2, 0.25) is 5.91 Å². The van der Waals surface area contributed by atoms with E-state index in [1.807, 2.05) is 57.2 Å². The third-order valence-electron chi connectivity index (χ3n) is 4.90. The number of benzene rings is 2. The third kappa shape index (κ3) is 3.41. The molecule has 0 spiro atoms. The molecule has 2 aromatic carbocycles. The Morgan fingerprint density at radius 3 is 2.61 bits per heavy atom. The number of fused-ring (bicyclic) bond motifs is 1. The number of para-hydroxylation sites is 1. The first kappa shape index (κ1) is 18.0. The molecule has 0 unspecified atom stereocenters. The second-order valence-corrected chi connectivity index (χ2v) is 6.88. The molecule has 0 bridgehead atoms. The fourth-order valence-corrected chi connectivity index (χ4v) is 3.50. The van der Waals surface area contributed by atoms with Crippen molar-refractivity contribution in [2.24, 2.45) is 0 Å². The number of nitrogens with one attached hydrogen (secondary N) is 1. The monoisotopic (exact) mass is 374 g/mol. The van der Waals surface area contributed by atoms with E-state index < -0.39 is 0 Å². The normalized spacial score (nSPS) is 11.1. The van der Waals surface area contributed by atoms with Gasteiger partial charge in [0.1, 0.15) is 11.6 Å². The summed E-state index contributed by atoms with van der Waals surface area (Å²) in [6.07, 6.45) is 0.982. The Hall–Kier alpha value is -3.41. The van der Waals surface area contributed by atoms with E-state index in [2.05, 4.69) is 32.2 Å². The van der Waals surface area contributed by atoms with Gasteiger partial charge < -0.3 is 9.84 Å². The second-order valence-electron chi connectivity index (χ2n) is 6.88. The maximum Gasteiger partial charge on any atom is 0.224 e. The maximum atomic E-state index is 12.4. The zero-order valence-corrected chi connectivity index (χ0v) is 16.2. The van der Waals surface area contributed by atoms with Crippen LogP contribution in [0.25, 0.3) is 16.7 Å². The molecule has 0 saturated heterocycles. The summed E-state index contributed by atoms with van der Waals surface area (Å²) < 4.78 is 7.26. The van der Waals surface area contributed by atoms with Crippen LogP contribution in [0.1, 0.15) is 29.3 Å². The summed E-state index contributed by atoms with van der Waals surface area (Å²) >= 11 is 0. The molecule has 4 aromatic rings. The number of hydrogen-bond donors (Lipinski definition) is 1. The number of rotatable bonds is 5. The van der Waals surface area contributed by atoms with Crippen LogP contribution in [0.2, 0.25) is 0 Å². The summed E-state index contributed by atoms with van der Waals surface area (Å²) in [6, 6.07) is 15.9. The van der Waals surface area contributed by atoms with Crippen molar-refractivity contribution in [1.29, 1.82) is 0 Å². The highest BCUT2D eigenvalue weighted by Gasteiger charge is 2.13. The van der Waals surface area contributed by atoms with Gasteiger partial charge in [0.05, 0.1) is 16.7 Å². The zero-order chi connectivity index (χ0) is 19.7. The first-order chi connectivity index (χ1) is 13.5. The van der Waals surface area contributed by atoms with Crippen LogP contribution in [-0.4, -0.2) is 20.6 Å². The highest BCUT2D eigenvalue weighted by molar-refractivity contribution is 5.93. The molecular formula is C22H22N4O2. The minimum atomic E-state index is -0.0430. The Balaban J connectivity index is 1.51. The van der Waals surface area contributed by atoms with Gasteiger partial charge in [0.15, 0.2) is 0 Å². The molecule has 0 aliphatic rings. The highest BCUT2D eigenvalue weighted by Crippen LogP contribution is 2.24. The van der Waals surface area contributed by atoms with Crippen molar-refractivity contribution in [2.75, 3.05) is 5.32 Å². The highest BCUT2D eigenvalue weighted by atomic mass is 16.5.